The van der Waals surface area contributed by atoms with Gasteiger partial charge in [-0.2, -0.15) is 0 Å². The van der Waals surface area contributed by atoms with E-state index in [1.807, 2.05) is 0 Å². The van der Waals surface area contributed by atoms with Crippen LogP contribution < -0.4 is 0 Å². The van der Waals surface area contributed by atoms with Crippen molar-refractivity contribution in [3.63, 3.8) is 0 Å². The molecule has 0 aromatic carbocycles. The molecule has 0 saturated carbocycles. The topological polar surface area (TPSA) is 72.8 Å². The molecule has 5 heteroatoms. The maximum atomic E-state index is 12.4. The smallest absolute Gasteiger partial charge is 0.185 e. The molecule has 0 radical (unpaired) electrons. The Balaban J connectivity index is 2.24. The fourth-order valence-electron chi connectivity index (χ4n) is 2.91. The van der Waals surface area contributed by atoms with Crippen LogP contribution in [0.5, 0.6) is 0 Å². The van der Waals surface area contributed by atoms with Gasteiger partial charge >= 0.3 is 0 Å². The van der Waals surface area contributed by atoms with Crippen molar-refractivity contribution in [2.75, 3.05) is 6.61 Å². The highest BCUT2D eigenvalue weighted by Gasteiger charge is 2.47. The molecule has 1 saturated heterocycles. The van der Waals surface area contributed by atoms with Gasteiger partial charge in [-0.15, -0.1) is 0 Å². The summed E-state index contributed by atoms with van der Waals surface area (Å²) < 4.78 is 11.3. The predicted octanol–water partition coefficient (Wildman–Crippen LogP) is 2.08. The molecule has 122 valence electrons. The quantitative estimate of drug-likeness (QED) is 0.808. The number of aliphatic hydroxyl groups excluding tert-OH is 1. The largest absolute Gasteiger partial charge is 0.390 e. The lowest BCUT2D eigenvalue weighted by Crippen LogP contribution is -2.44. The van der Waals surface area contributed by atoms with E-state index in [0.29, 0.717) is 22.3 Å². The lowest BCUT2D eigenvalue weighted by molar-refractivity contribution is -0.178. The SMILES string of the molecule is CC1=C(C)C(=O)C(CC(O)C2(C)COC(C)(C)O2)=C(C)C1=O. The van der Waals surface area contributed by atoms with Crippen molar-refractivity contribution in [1.82, 2.24) is 0 Å². The zero-order valence-corrected chi connectivity index (χ0v) is 14.1. The molecule has 0 aromatic rings. The van der Waals surface area contributed by atoms with Gasteiger partial charge in [0.15, 0.2) is 17.4 Å². The molecule has 2 atom stereocenters. The van der Waals surface area contributed by atoms with Crippen molar-refractivity contribution in [2.24, 2.45) is 0 Å². The van der Waals surface area contributed by atoms with Crippen LogP contribution in [0.25, 0.3) is 0 Å². The van der Waals surface area contributed by atoms with Gasteiger partial charge in [0.1, 0.15) is 5.60 Å². The lowest BCUT2D eigenvalue weighted by atomic mass is 9.81. The Kier molecular flexibility index (Phi) is 4.19. The van der Waals surface area contributed by atoms with Gasteiger partial charge in [-0.3, -0.25) is 9.59 Å². The first-order valence-corrected chi connectivity index (χ1v) is 7.47. The summed E-state index contributed by atoms with van der Waals surface area (Å²) >= 11 is 0. The molecule has 1 heterocycles. The van der Waals surface area contributed by atoms with E-state index in [1.54, 1.807) is 41.5 Å². The fraction of sp³-hybridized carbons (Fsp3) is 0.647. The summed E-state index contributed by atoms with van der Waals surface area (Å²) in [4.78, 5) is 24.6. The fourth-order valence-corrected chi connectivity index (χ4v) is 2.91. The van der Waals surface area contributed by atoms with Crippen LogP contribution in [0, 0.1) is 0 Å². The second-order valence-corrected chi connectivity index (χ2v) is 6.83. The number of rotatable bonds is 3. The maximum absolute atomic E-state index is 12.4. The Morgan fingerprint density at radius 2 is 1.59 bits per heavy atom. The minimum atomic E-state index is -0.929. The van der Waals surface area contributed by atoms with Crippen LogP contribution in [-0.2, 0) is 19.1 Å². The van der Waals surface area contributed by atoms with E-state index < -0.39 is 17.5 Å². The number of ketones is 2. The van der Waals surface area contributed by atoms with Gasteiger partial charge in [0.05, 0.1) is 12.7 Å². The molecule has 0 spiro atoms. The third-order valence-electron chi connectivity index (χ3n) is 4.60. The van der Waals surface area contributed by atoms with E-state index in [1.165, 1.54) is 0 Å². The minimum absolute atomic E-state index is 0.0803. The first-order chi connectivity index (χ1) is 9.98. The third kappa shape index (κ3) is 2.81. The first-order valence-electron chi connectivity index (χ1n) is 7.47. The van der Waals surface area contributed by atoms with E-state index in [0.717, 1.165) is 0 Å². The predicted molar refractivity (Wildman–Crippen MR) is 81.2 cm³/mol. The molecule has 1 N–H and O–H groups in total. The summed E-state index contributed by atoms with van der Waals surface area (Å²) in [7, 11) is 0. The van der Waals surface area contributed by atoms with Crippen molar-refractivity contribution in [2.45, 2.75) is 65.5 Å². The summed E-state index contributed by atoms with van der Waals surface area (Å²) in [6.07, 6.45) is -0.848. The molecule has 1 aliphatic heterocycles. The van der Waals surface area contributed by atoms with E-state index in [-0.39, 0.29) is 24.6 Å². The Bertz CT molecular complexity index is 596. The Labute approximate surface area is 131 Å². The van der Waals surface area contributed by atoms with Gasteiger partial charge in [-0.25, -0.2) is 0 Å². The average Bonchev–Trinajstić information content (AvgIpc) is 2.74. The van der Waals surface area contributed by atoms with Crippen LogP contribution in [0.3, 0.4) is 0 Å². The van der Waals surface area contributed by atoms with Gasteiger partial charge < -0.3 is 14.6 Å². The Hall–Kier alpha value is -1.30. The van der Waals surface area contributed by atoms with Gasteiger partial charge in [-0.05, 0) is 41.5 Å². The zero-order chi connectivity index (χ0) is 16.9. The monoisotopic (exact) mass is 308 g/mol. The molecule has 0 aromatic heterocycles. The molecule has 1 aliphatic carbocycles. The summed E-state index contributed by atoms with van der Waals surface area (Å²) in [6, 6.07) is 0. The van der Waals surface area contributed by atoms with E-state index in [2.05, 4.69) is 0 Å². The number of hydrogen-bond acceptors (Lipinski definition) is 5. The van der Waals surface area contributed by atoms with Crippen LogP contribution in [0.2, 0.25) is 0 Å². The molecule has 22 heavy (non-hydrogen) atoms. The van der Waals surface area contributed by atoms with Crippen LogP contribution in [0.15, 0.2) is 22.3 Å². The number of hydrogen-bond donors (Lipinski definition) is 1. The highest BCUT2D eigenvalue weighted by Crippen LogP contribution is 2.36. The maximum Gasteiger partial charge on any atom is 0.185 e. The van der Waals surface area contributed by atoms with Crippen LogP contribution in [0.1, 0.15) is 48.0 Å². The summed E-state index contributed by atoms with van der Waals surface area (Å²) in [6.45, 7) is 10.5. The minimum Gasteiger partial charge on any atom is -0.390 e. The third-order valence-corrected chi connectivity index (χ3v) is 4.60. The number of aliphatic hydroxyl groups is 1. The first kappa shape index (κ1) is 17.1. The molecular weight excluding hydrogens is 284 g/mol. The number of ether oxygens (including phenoxy) is 2. The summed E-state index contributed by atoms with van der Waals surface area (Å²) in [5, 5.41) is 10.5. The van der Waals surface area contributed by atoms with Crippen LogP contribution in [-0.4, -0.2) is 40.8 Å². The van der Waals surface area contributed by atoms with Crippen molar-refractivity contribution in [1.29, 1.82) is 0 Å². The molecule has 2 aliphatic rings. The molecule has 2 unspecified atom stereocenters. The number of Topliss-reactive ketones (excluding diaryl/α,β-unsaturated/α-hetero) is 2. The highest BCUT2D eigenvalue weighted by atomic mass is 16.8. The summed E-state index contributed by atoms with van der Waals surface area (Å²) in [5.74, 6) is -1.07. The van der Waals surface area contributed by atoms with Gasteiger partial charge in [0, 0.05) is 28.7 Å². The second-order valence-electron chi connectivity index (χ2n) is 6.83. The number of carbonyl (C=O) groups is 2. The number of allylic oxidation sites excluding steroid dienone is 3. The average molecular weight is 308 g/mol. The molecule has 0 bridgehead atoms. The second kappa shape index (κ2) is 5.41. The van der Waals surface area contributed by atoms with Crippen molar-refractivity contribution < 1.29 is 24.2 Å². The number of carbonyl (C=O) groups excluding carboxylic acids is 2. The molecule has 0 amide bonds. The van der Waals surface area contributed by atoms with Gasteiger partial charge in [-0.1, -0.05) is 0 Å². The lowest BCUT2D eigenvalue weighted by Gasteiger charge is -2.31. The molecular formula is C17H24O5. The Morgan fingerprint density at radius 1 is 1.05 bits per heavy atom. The van der Waals surface area contributed by atoms with Crippen molar-refractivity contribution in [3.05, 3.63) is 22.3 Å². The highest BCUT2D eigenvalue weighted by molar-refractivity contribution is 6.24. The van der Waals surface area contributed by atoms with Crippen molar-refractivity contribution >= 4 is 11.6 Å². The van der Waals surface area contributed by atoms with Crippen LogP contribution in [0.4, 0.5) is 0 Å². The molecule has 2 rings (SSSR count). The van der Waals surface area contributed by atoms with Gasteiger partial charge in [0.25, 0.3) is 0 Å². The zero-order valence-electron chi connectivity index (χ0n) is 14.1. The standard InChI is InChI=1S/C17H24O5/c1-9-10(2)15(20)12(11(3)14(9)19)7-13(18)17(6)8-21-16(4,5)22-17/h13,18H,7-8H2,1-6H3. The normalized spacial score (nSPS) is 30.3. The van der Waals surface area contributed by atoms with Gasteiger partial charge in [0.2, 0.25) is 0 Å². The van der Waals surface area contributed by atoms with Crippen molar-refractivity contribution in [3.8, 4) is 0 Å². The molecule has 5 nitrogen and oxygen atoms in total. The Morgan fingerprint density at radius 3 is 2.09 bits per heavy atom. The van der Waals surface area contributed by atoms with Crippen LogP contribution >= 0.6 is 0 Å². The van der Waals surface area contributed by atoms with E-state index in [4.69, 9.17) is 9.47 Å². The van der Waals surface area contributed by atoms with E-state index in [9.17, 15) is 14.7 Å². The summed E-state index contributed by atoms with van der Waals surface area (Å²) in [5.41, 5.74) is 0.814. The van der Waals surface area contributed by atoms with E-state index >= 15 is 0 Å². The molecule has 1 fully saturated rings.